The molecule has 1 aliphatic carbocycles. The molecule has 1 aromatic rings. The lowest BCUT2D eigenvalue weighted by Crippen LogP contribution is -2.41. The van der Waals surface area contributed by atoms with E-state index in [4.69, 9.17) is 4.74 Å². The second-order valence-electron chi connectivity index (χ2n) is 6.52. The number of ether oxygens (including phenoxy) is 1. The monoisotopic (exact) mass is 474 g/mol. The van der Waals surface area contributed by atoms with Gasteiger partial charge in [-0.2, -0.15) is 0 Å². The van der Waals surface area contributed by atoms with Crippen molar-refractivity contribution in [3.05, 3.63) is 35.9 Å². The molecule has 0 radical (unpaired) electrons. The second kappa shape index (κ2) is 12.9. The van der Waals surface area contributed by atoms with Crippen LogP contribution in [0.25, 0.3) is 0 Å². The Morgan fingerprint density at radius 2 is 2.00 bits per heavy atom. The third-order valence-electron chi connectivity index (χ3n) is 3.80. The number of nitrogens with one attached hydrogen (secondary N) is 3. The molecule has 6 nitrogen and oxygen atoms in total. The number of amides is 1. The van der Waals surface area contributed by atoms with Crippen molar-refractivity contribution in [2.24, 2.45) is 10.9 Å². The number of halogens is 1. The molecule has 3 N–H and O–H groups in total. The highest BCUT2D eigenvalue weighted by molar-refractivity contribution is 14.0. The van der Waals surface area contributed by atoms with Gasteiger partial charge in [0.25, 0.3) is 0 Å². The van der Waals surface area contributed by atoms with E-state index in [9.17, 15) is 4.79 Å². The summed E-state index contributed by atoms with van der Waals surface area (Å²) in [5.41, 5.74) is 1.18. The zero-order chi connectivity index (χ0) is 17.9. The smallest absolute Gasteiger partial charge is 0.242 e. The summed E-state index contributed by atoms with van der Waals surface area (Å²) in [6.07, 6.45) is 2.18. The maximum Gasteiger partial charge on any atom is 0.242 e. The first-order valence-corrected chi connectivity index (χ1v) is 9.10. The Bertz CT molecular complexity index is 550. The largest absolute Gasteiger partial charge is 0.376 e. The van der Waals surface area contributed by atoms with Gasteiger partial charge >= 0.3 is 0 Å². The third kappa shape index (κ3) is 9.96. The van der Waals surface area contributed by atoms with Crippen LogP contribution < -0.4 is 16.0 Å². The van der Waals surface area contributed by atoms with Crippen molar-refractivity contribution in [2.45, 2.75) is 39.3 Å². The molecule has 0 aromatic heterocycles. The molecular weight excluding hydrogens is 443 g/mol. The molecule has 1 saturated carbocycles. The number of carbonyl (C=O) groups excluding carboxylic acids is 1. The SMILES string of the molecule is CCNC(=NCC(=O)NC1CC1)NCC(C)COCc1ccccc1.I. The minimum atomic E-state index is -0.0149. The molecule has 1 aliphatic rings. The summed E-state index contributed by atoms with van der Waals surface area (Å²) >= 11 is 0. The van der Waals surface area contributed by atoms with E-state index < -0.39 is 0 Å². The number of guanidine groups is 1. The van der Waals surface area contributed by atoms with Crippen molar-refractivity contribution in [3.63, 3.8) is 0 Å². The van der Waals surface area contributed by atoms with Crippen molar-refractivity contribution in [1.29, 1.82) is 0 Å². The average molecular weight is 474 g/mol. The van der Waals surface area contributed by atoms with Gasteiger partial charge in [0.1, 0.15) is 6.54 Å². The van der Waals surface area contributed by atoms with Crippen LogP contribution in [0.4, 0.5) is 0 Å². The summed E-state index contributed by atoms with van der Waals surface area (Å²) in [5, 5.41) is 9.37. The van der Waals surface area contributed by atoms with Gasteiger partial charge in [-0.15, -0.1) is 24.0 Å². The van der Waals surface area contributed by atoms with Gasteiger partial charge in [0, 0.05) is 19.1 Å². The number of hydrogen-bond donors (Lipinski definition) is 3. The predicted octanol–water partition coefficient (Wildman–Crippen LogP) is 2.29. The van der Waals surface area contributed by atoms with Crippen LogP contribution in [0.2, 0.25) is 0 Å². The molecule has 7 heteroatoms. The zero-order valence-electron chi connectivity index (χ0n) is 15.7. The molecule has 2 rings (SSSR count). The van der Waals surface area contributed by atoms with E-state index in [0.29, 0.717) is 31.1 Å². The second-order valence-corrected chi connectivity index (χ2v) is 6.52. The fourth-order valence-corrected chi connectivity index (χ4v) is 2.28. The van der Waals surface area contributed by atoms with Crippen molar-refractivity contribution < 1.29 is 9.53 Å². The topological polar surface area (TPSA) is 74.8 Å². The standard InChI is InChI=1S/C19H30N4O2.HI/c1-3-20-19(22-12-18(24)23-17-9-10-17)21-11-15(2)13-25-14-16-7-5-4-6-8-16;/h4-8,15,17H,3,9-14H2,1-2H3,(H,23,24)(H2,20,21,22);1H. The Balaban J connectivity index is 0.00000338. The van der Waals surface area contributed by atoms with Gasteiger partial charge in [-0.25, -0.2) is 4.99 Å². The van der Waals surface area contributed by atoms with Crippen LogP contribution in [0.3, 0.4) is 0 Å². The van der Waals surface area contributed by atoms with Gasteiger partial charge in [0.05, 0.1) is 13.2 Å². The van der Waals surface area contributed by atoms with Crippen LogP contribution in [0, 0.1) is 5.92 Å². The van der Waals surface area contributed by atoms with E-state index in [2.05, 4.69) is 40.0 Å². The first-order valence-electron chi connectivity index (χ1n) is 9.10. The minimum Gasteiger partial charge on any atom is -0.376 e. The summed E-state index contributed by atoms with van der Waals surface area (Å²) < 4.78 is 5.76. The Kier molecular flexibility index (Phi) is 11.3. The molecule has 0 spiro atoms. The molecule has 1 aromatic carbocycles. The zero-order valence-corrected chi connectivity index (χ0v) is 18.0. The van der Waals surface area contributed by atoms with E-state index in [0.717, 1.165) is 25.9 Å². The third-order valence-corrected chi connectivity index (χ3v) is 3.80. The van der Waals surface area contributed by atoms with E-state index in [1.54, 1.807) is 0 Å². The first kappa shape index (κ1) is 22.7. The van der Waals surface area contributed by atoms with Crippen LogP contribution >= 0.6 is 24.0 Å². The molecule has 1 unspecified atom stereocenters. The maximum absolute atomic E-state index is 11.7. The van der Waals surface area contributed by atoms with Gasteiger partial charge < -0.3 is 20.7 Å². The Morgan fingerprint density at radius 1 is 1.27 bits per heavy atom. The number of benzene rings is 1. The van der Waals surface area contributed by atoms with Crippen molar-refractivity contribution in [1.82, 2.24) is 16.0 Å². The number of rotatable bonds is 10. The summed E-state index contributed by atoms with van der Waals surface area (Å²) in [5.74, 6) is 0.996. The molecule has 146 valence electrons. The first-order chi connectivity index (χ1) is 12.2. The molecular formula is C19H31IN4O2. The molecule has 0 aliphatic heterocycles. The normalized spacial score (nSPS) is 14.9. The molecule has 1 atom stereocenters. The lowest BCUT2D eigenvalue weighted by molar-refractivity contribution is -0.119. The van der Waals surface area contributed by atoms with E-state index >= 15 is 0 Å². The van der Waals surface area contributed by atoms with Crippen LogP contribution in [0.5, 0.6) is 0 Å². The quantitative estimate of drug-likeness (QED) is 0.277. The summed E-state index contributed by atoms with van der Waals surface area (Å²) in [4.78, 5) is 16.1. The van der Waals surface area contributed by atoms with Crippen molar-refractivity contribution >= 4 is 35.8 Å². The van der Waals surface area contributed by atoms with Gasteiger partial charge in [-0.05, 0) is 31.2 Å². The van der Waals surface area contributed by atoms with Crippen LogP contribution in [0.15, 0.2) is 35.3 Å². The van der Waals surface area contributed by atoms with Crippen LogP contribution in [0.1, 0.15) is 32.3 Å². The maximum atomic E-state index is 11.7. The molecule has 26 heavy (non-hydrogen) atoms. The van der Waals surface area contributed by atoms with Crippen LogP contribution in [-0.2, 0) is 16.1 Å². The molecule has 0 bridgehead atoms. The number of nitrogens with zero attached hydrogens (tertiary/aromatic N) is 1. The number of carbonyl (C=O) groups is 1. The van der Waals surface area contributed by atoms with Gasteiger partial charge in [-0.3, -0.25) is 4.79 Å². The number of hydrogen-bond acceptors (Lipinski definition) is 3. The van der Waals surface area contributed by atoms with Gasteiger partial charge in [0.15, 0.2) is 5.96 Å². The highest BCUT2D eigenvalue weighted by atomic mass is 127. The van der Waals surface area contributed by atoms with Gasteiger partial charge in [0.2, 0.25) is 5.91 Å². The van der Waals surface area contributed by atoms with E-state index in [-0.39, 0.29) is 36.4 Å². The minimum absolute atomic E-state index is 0. The van der Waals surface area contributed by atoms with E-state index in [1.807, 2.05) is 25.1 Å². The Hall–Kier alpha value is -1.35. The number of aliphatic imine (C=N–C) groups is 1. The van der Waals surface area contributed by atoms with Crippen molar-refractivity contribution in [2.75, 3.05) is 26.2 Å². The summed E-state index contributed by atoms with van der Waals surface area (Å²) in [7, 11) is 0. The summed E-state index contributed by atoms with van der Waals surface area (Å²) in [6, 6.07) is 10.5. The molecule has 0 saturated heterocycles. The lowest BCUT2D eigenvalue weighted by atomic mass is 10.2. The highest BCUT2D eigenvalue weighted by Gasteiger charge is 2.22. The fraction of sp³-hybridized carbons (Fsp3) is 0.579. The fourth-order valence-electron chi connectivity index (χ4n) is 2.28. The Labute approximate surface area is 173 Å². The molecule has 1 amide bonds. The predicted molar refractivity (Wildman–Crippen MR) is 116 cm³/mol. The summed E-state index contributed by atoms with van der Waals surface area (Å²) in [6.45, 7) is 7.09. The van der Waals surface area contributed by atoms with Gasteiger partial charge in [-0.1, -0.05) is 37.3 Å². The Morgan fingerprint density at radius 3 is 2.65 bits per heavy atom. The molecule has 0 heterocycles. The van der Waals surface area contributed by atoms with E-state index in [1.165, 1.54) is 5.56 Å². The van der Waals surface area contributed by atoms with Crippen LogP contribution in [-0.4, -0.2) is 44.1 Å². The molecule has 1 fully saturated rings. The average Bonchev–Trinajstić information content (AvgIpc) is 3.42. The lowest BCUT2D eigenvalue weighted by Gasteiger charge is -2.16. The highest BCUT2D eigenvalue weighted by Crippen LogP contribution is 2.18. The van der Waals surface area contributed by atoms with Crippen molar-refractivity contribution in [3.8, 4) is 0 Å².